The van der Waals surface area contributed by atoms with Crippen LogP contribution in [0.15, 0.2) is 35.4 Å². The van der Waals surface area contributed by atoms with Crippen LogP contribution in [0.1, 0.15) is 24.8 Å². The zero-order valence-corrected chi connectivity index (χ0v) is 16.6. The lowest BCUT2D eigenvalue weighted by molar-refractivity contribution is 0.0119. The molecule has 5 heteroatoms. The molecule has 1 aromatic carbocycles. The third-order valence-corrected chi connectivity index (χ3v) is 5.96. The Hall–Kier alpha value is -0.910. The highest BCUT2D eigenvalue weighted by Gasteiger charge is 2.33. The molecule has 4 nitrogen and oxygen atoms in total. The molecular formula is C21H32ClN3O. The number of aliphatic hydroxyl groups is 1. The molecule has 0 radical (unpaired) electrons. The molecule has 0 amide bonds. The average molecular weight is 378 g/mol. The number of piperazine rings is 1. The first kappa shape index (κ1) is 19.8. The monoisotopic (exact) mass is 377 g/mol. The van der Waals surface area contributed by atoms with Gasteiger partial charge in [-0.15, -0.1) is 0 Å². The molecular weight excluding hydrogens is 346 g/mol. The zero-order chi connectivity index (χ0) is 18.4. The van der Waals surface area contributed by atoms with Crippen molar-refractivity contribution in [3.63, 3.8) is 0 Å². The second-order valence-electron chi connectivity index (χ2n) is 7.68. The normalized spacial score (nSPS) is 24.9. The summed E-state index contributed by atoms with van der Waals surface area (Å²) in [5.74, 6) is 0. The van der Waals surface area contributed by atoms with Crippen LogP contribution < -0.4 is 0 Å². The lowest BCUT2D eigenvalue weighted by atomic mass is 9.98. The van der Waals surface area contributed by atoms with E-state index in [1.54, 1.807) is 0 Å². The maximum Gasteiger partial charge on any atom is 0.0446 e. The Balaban J connectivity index is 1.57. The first-order valence-electron chi connectivity index (χ1n) is 9.84. The van der Waals surface area contributed by atoms with Gasteiger partial charge in [-0.2, -0.15) is 0 Å². The molecule has 1 aromatic rings. The van der Waals surface area contributed by atoms with Crippen LogP contribution in [0.3, 0.4) is 0 Å². The number of hydrogen-bond acceptors (Lipinski definition) is 4. The summed E-state index contributed by atoms with van der Waals surface area (Å²) in [7, 11) is 2.21. The van der Waals surface area contributed by atoms with Crippen LogP contribution in [0.25, 0.3) is 6.08 Å². The third-order valence-electron chi connectivity index (χ3n) is 5.73. The van der Waals surface area contributed by atoms with E-state index in [0.29, 0.717) is 12.1 Å². The predicted octanol–water partition coefficient (Wildman–Crippen LogP) is 2.73. The second-order valence-corrected chi connectivity index (χ2v) is 8.16. The van der Waals surface area contributed by atoms with Crippen LogP contribution in [0.5, 0.6) is 0 Å². The van der Waals surface area contributed by atoms with E-state index >= 15 is 0 Å². The first-order valence-corrected chi connectivity index (χ1v) is 10.2. The van der Waals surface area contributed by atoms with E-state index in [-0.39, 0.29) is 6.61 Å². The van der Waals surface area contributed by atoms with E-state index in [0.717, 1.165) is 43.2 Å². The predicted molar refractivity (Wildman–Crippen MR) is 109 cm³/mol. The van der Waals surface area contributed by atoms with E-state index in [1.807, 2.05) is 18.2 Å². The number of aliphatic hydroxyl groups excluding tert-OH is 1. The van der Waals surface area contributed by atoms with Crippen molar-refractivity contribution >= 4 is 17.7 Å². The van der Waals surface area contributed by atoms with E-state index in [4.69, 9.17) is 11.6 Å². The van der Waals surface area contributed by atoms with Gasteiger partial charge in [0.2, 0.25) is 0 Å². The van der Waals surface area contributed by atoms with Crippen LogP contribution >= 0.6 is 11.6 Å². The third kappa shape index (κ3) is 5.54. The Labute approximate surface area is 163 Å². The van der Waals surface area contributed by atoms with Crippen molar-refractivity contribution < 1.29 is 5.11 Å². The Morgan fingerprint density at radius 3 is 2.58 bits per heavy atom. The Kier molecular flexibility index (Phi) is 7.52. The molecule has 0 spiro atoms. The van der Waals surface area contributed by atoms with Crippen molar-refractivity contribution in [3.8, 4) is 0 Å². The minimum atomic E-state index is 0.259. The number of piperidine rings is 1. The topological polar surface area (TPSA) is 30.0 Å². The fourth-order valence-electron chi connectivity index (χ4n) is 4.28. The molecule has 1 N–H and O–H groups in total. The summed E-state index contributed by atoms with van der Waals surface area (Å²) in [5, 5.41) is 10.4. The van der Waals surface area contributed by atoms with Crippen molar-refractivity contribution in [1.29, 1.82) is 0 Å². The summed E-state index contributed by atoms with van der Waals surface area (Å²) in [6.45, 7) is 6.53. The molecule has 0 aromatic heterocycles. The number of benzene rings is 1. The van der Waals surface area contributed by atoms with Gasteiger partial charge in [-0.3, -0.25) is 9.80 Å². The van der Waals surface area contributed by atoms with Gasteiger partial charge in [-0.25, -0.2) is 0 Å². The van der Waals surface area contributed by atoms with Crippen LogP contribution in [0.2, 0.25) is 0 Å². The molecule has 2 aliphatic heterocycles. The zero-order valence-electron chi connectivity index (χ0n) is 15.9. The number of rotatable bonds is 6. The van der Waals surface area contributed by atoms with Crippen molar-refractivity contribution in [2.24, 2.45) is 0 Å². The molecule has 2 aliphatic rings. The summed E-state index contributed by atoms with van der Waals surface area (Å²) in [6, 6.07) is 11.3. The number of likely N-dealkylation sites (tertiary alicyclic amines) is 1. The van der Waals surface area contributed by atoms with Crippen LogP contribution in [-0.4, -0.2) is 84.8 Å². The van der Waals surface area contributed by atoms with Crippen molar-refractivity contribution in [2.75, 3.05) is 52.9 Å². The molecule has 0 bridgehead atoms. The minimum Gasteiger partial charge on any atom is -0.396 e. The molecule has 1 atom stereocenters. The summed E-state index contributed by atoms with van der Waals surface area (Å²) < 4.78 is 0. The highest BCUT2D eigenvalue weighted by molar-refractivity contribution is 6.31. The van der Waals surface area contributed by atoms with Gasteiger partial charge in [-0.1, -0.05) is 41.9 Å². The molecule has 2 fully saturated rings. The molecule has 3 rings (SSSR count). The van der Waals surface area contributed by atoms with E-state index in [2.05, 4.69) is 40.0 Å². The largest absolute Gasteiger partial charge is 0.396 e. The van der Waals surface area contributed by atoms with Gasteiger partial charge in [0, 0.05) is 49.9 Å². The average Bonchev–Trinajstić information content (AvgIpc) is 2.64. The molecule has 26 heavy (non-hydrogen) atoms. The minimum absolute atomic E-state index is 0.259. The first-order chi connectivity index (χ1) is 12.7. The van der Waals surface area contributed by atoms with E-state index in [1.165, 1.54) is 25.9 Å². The van der Waals surface area contributed by atoms with Crippen LogP contribution in [0.4, 0.5) is 0 Å². The Bertz CT molecular complexity index is 572. The van der Waals surface area contributed by atoms with Gasteiger partial charge in [0.1, 0.15) is 0 Å². The van der Waals surface area contributed by atoms with Crippen molar-refractivity contribution in [1.82, 2.24) is 14.7 Å². The molecule has 0 saturated carbocycles. The summed E-state index contributed by atoms with van der Waals surface area (Å²) in [5.41, 5.74) is 1.15. The summed E-state index contributed by atoms with van der Waals surface area (Å²) in [6.07, 6.45) is 5.40. The molecule has 0 unspecified atom stereocenters. The fraction of sp³-hybridized carbons (Fsp3) is 0.619. The maximum absolute atomic E-state index is 9.55. The second kappa shape index (κ2) is 9.86. The lowest BCUT2D eigenvalue weighted by Gasteiger charge is -2.47. The highest BCUT2D eigenvalue weighted by Crippen LogP contribution is 2.24. The standard InChI is InChI=1S/C21H32ClN3O/c1-23-10-7-20(8-11-23)25-13-12-24(17-21(25)9-14-26)16-19(22)15-18-5-3-2-4-6-18/h2-6,15,20-21,26H,7-14,16-17H2,1H3/b19-15-/t21-/m0/s1. The van der Waals surface area contributed by atoms with Gasteiger partial charge in [0.05, 0.1) is 0 Å². The van der Waals surface area contributed by atoms with Gasteiger partial charge >= 0.3 is 0 Å². The number of nitrogens with zero attached hydrogens (tertiary/aromatic N) is 3. The molecule has 2 saturated heterocycles. The van der Waals surface area contributed by atoms with Crippen molar-refractivity contribution in [3.05, 3.63) is 40.9 Å². The Morgan fingerprint density at radius 2 is 1.88 bits per heavy atom. The summed E-state index contributed by atoms with van der Waals surface area (Å²) >= 11 is 6.53. The fourth-order valence-corrected chi connectivity index (χ4v) is 4.58. The van der Waals surface area contributed by atoms with Gasteiger partial charge < -0.3 is 10.0 Å². The SMILES string of the molecule is CN1CCC(N2CCN(C/C(Cl)=C/c3ccccc3)C[C@@H]2CCO)CC1. The quantitative estimate of drug-likeness (QED) is 0.825. The highest BCUT2D eigenvalue weighted by atomic mass is 35.5. The maximum atomic E-state index is 9.55. The number of halogens is 1. The van der Waals surface area contributed by atoms with E-state index < -0.39 is 0 Å². The van der Waals surface area contributed by atoms with Gasteiger partial charge in [-0.05, 0) is 51.0 Å². The molecule has 2 heterocycles. The van der Waals surface area contributed by atoms with Crippen molar-refractivity contribution in [2.45, 2.75) is 31.3 Å². The van der Waals surface area contributed by atoms with Crippen LogP contribution in [-0.2, 0) is 0 Å². The Morgan fingerprint density at radius 1 is 1.15 bits per heavy atom. The molecule has 0 aliphatic carbocycles. The smallest absolute Gasteiger partial charge is 0.0446 e. The molecule has 144 valence electrons. The van der Waals surface area contributed by atoms with E-state index in [9.17, 15) is 5.11 Å². The lowest BCUT2D eigenvalue weighted by Crippen LogP contribution is -2.58. The van der Waals surface area contributed by atoms with Crippen LogP contribution in [0, 0.1) is 0 Å². The summed E-state index contributed by atoms with van der Waals surface area (Å²) in [4.78, 5) is 7.52. The number of hydrogen-bond donors (Lipinski definition) is 1. The van der Waals surface area contributed by atoms with Gasteiger partial charge in [0.25, 0.3) is 0 Å². The van der Waals surface area contributed by atoms with Gasteiger partial charge in [0.15, 0.2) is 0 Å².